The Hall–Kier alpha value is -2.71. The zero-order valence-electron chi connectivity index (χ0n) is 36.8. The SMILES string of the molecule is CC/C=C\C/C=C\C/C=C\CCCCCC(=O)OC(COCCC(C(=O)O)[N+](C)(C)C)COC(=O)CCCCCCCCCCC/C=C\CCCCCCCC. The van der Waals surface area contributed by atoms with Crippen LogP contribution in [0.1, 0.15) is 187 Å². The third-order valence-electron chi connectivity index (χ3n) is 9.96. The molecule has 56 heavy (non-hydrogen) atoms. The van der Waals surface area contributed by atoms with Crippen LogP contribution in [0.4, 0.5) is 0 Å². The third kappa shape index (κ3) is 36.9. The maximum Gasteiger partial charge on any atom is 0.362 e. The molecular weight excluding hydrogens is 703 g/mol. The largest absolute Gasteiger partial charge is 0.477 e. The molecule has 0 saturated heterocycles. The molecule has 0 amide bonds. The van der Waals surface area contributed by atoms with Crippen molar-refractivity contribution < 1.29 is 38.2 Å². The van der Waals surface area contributed by atoms with Gasteiger partial charge in [0.2, 0.25) is 0 Å². The molecule has 1 N–H and O–H groups in total. The Balaban J connectivity index is 4.32. The van der Waals surface area contributed by atoms with Crippen molar-refractivity contribution in [3.8, 4) is 0 Å². The van der Waals surface area contributed by atoms with Gasteiger partial charge in [-0.25, -0.2) is 4.79 Å². The molecule has 0 saturated carbocycles. The summed E-state index contributed by atoms with van der Waals surface area (Å²) in [7, 11) is 5.51. The van der Waals surface area contributed by atoms with E-state index in [1.54, 1.807) is 0 Å². The minimum absolute atomic E-state index is 0.0482. The molecule has 2 unspecified atom stereocenters. The van der Waals surface area contributed by atoms with Crippen molar-refractivity contribution in [1.29, 1.82) is 0 Å². The van der Waals surface area contributed by atoms with Gasteiger partial charge in [0.25, 0.3) is 0 Å². The predicted molar refractivity (Wildman–Crippen MR) is 234 cm³/mol. The summed E-state index contributed by atoms with van der Waals surface area (Å²) in [5.41, 5.74) is 0. The fraction of sp³-hybridized carbons (Fsp3) is 0.771. The molecular formula is C48H86NO7+. The van der Waals surface area contributed by atoms with Gasteiger partial charge in [-0.15, -0.1) is 0 Å². The lowest BCUT2D eigenvalue weighted by molar-refractivity contribution is -0.887. The number of allylic oxidation sites excluding steroid dienone is 8. The number of nitrogens with zero attached hydrogens (tertiary/aromatic N) is 1. The van der Waals surface area contributed by atoms with Gasteiger partial charge >= 0.3 is 17.9 Å². The van der Waals surface area contributed by atoms with Crippen molar-refractivity contribution in [2.24, 2.45) is 0 Å². The number of aliphatic carboxylic acids is 1. The Bertz CT molecular complexity index is 1060. The lowest BCUT2D eigenvalue weighted by Gasteiger charge is -2.31. The van der Waals surface area contributed by atoms with Gasteiger partial charge in [-0.1, -0.05) is 146 Å². The number of carboxylic acids is 1. The van der Waals surface area contributed by atoms with Crippen molar-refractivity contribution in [1.82, 2.24) is 0 Å². The number of rotatable bonds is 40. The summed E-state index contributed by atoms with van der Waals surface area (Å²) in [5.74, 6) is -1.51. The molecule has 2 atom stereocenters. The van der Waals surface area contributed by atoms with Crippen LogP contribution in [0.25, 0.3) is 0 Å². The molecule has 8 nitrogen and oxygen atoms in total. The first-order valence-electron chi connectivity index (χ1n) is 22.7. The van der Waals surface area contributed by atoms with Gasteiger partial charge in [-0.05, 0) is 70.6 Å². The van der Waals surface area contributed by atoms with Crippen LogP contribution in [0.15, 0.2) is 48.6 Å². The van der Waals surface area contributed by atoms with E-state index in [0.29, 0.717) is 19.3 Å². The monoisotopic (exact) mass is 789 g/mol. The van der Waals surface area contributed by atoms with Gasteiger partial charge < -0.3 is 23.8 Å². The molecule has 0 spiro atoms. The Kier molecular flexibility index (Phi) is 37.2. The number of likely N-dealkylation sites (N-methyl/N-ethyl adjacent to an activating group) is 1. The minimum atomic E-state index is -0.881. The molecule has 0 aliphatic carbocycles. The van der Waals surface area contributed by atoms with Crippen LogP contribution in [-0.2, 0) is 28.6 Å². The van der Waals surface area contributed by atoms with E-state index in [4.69, 9.17) is 14.2 Å². The van der Waals surface area contributed by atoms with Crippen molar-refractivity contribution in [3.05, 3.63) is 48.6 Å². The first-order valence-corrected chi connectivity index (χ1v) is 22.7. The highest BCUT2D eigenvalue weighted by Gasteiger charge is 2.31. The van der Waals surface area contributed by atoms with Crippen LogP contribution in [0, 0.1) is 0 Å². The Morgan fingerprint density at radius 1 is 0.554 bits per heavy atom. The summed E-state index contributed by atoms with van der Waals surface area (Å²) in [6.07, 6.45) is 45.9. The maximum atomic E-state index is 12.7. The van der Waals surface area contributed by atoms with E-state index < -0.39 is 18.1 Å². The van der Waals surface area contributed by atoms with Crippen molar-refractivity contribution >= 4 is 17.9 Å². The highest BCUT2D eigenvalue weighted by molar-refractivity contribution is 5.72. The number of hydrogen-bond acceptors (Lipinski definition) is 6. The summed E-state index contributed by atoms with van der Waals surface area (Å²) in [6.45, 7) is 4.59. The highest BCUT2D eigenvalue weighted by atomic mass is 16.6. The molecule has 0 fully saturated rings. The summed E-state index contributed by atoms with van der Waals surface area (Å²) < 4.78 is 17.2. The van der Waals surface area contributed by atoms with E-state index >= 15 is 0 Å². The number of esters is 2. The van der Waals surface area contributed by atoms with E-state index in [1.807, 2.05) is 21.1 Å². The second-order valence-corrected chi connectivity index (χ2v) is 16.3. The standard InChI is InChI=1S/C48H85NO7/c1-6-8-10-12-14-16-18-20-21-22-23-24-25-27-28-30-32-34-36-38-46(50)55-43-44(42-54-41-40-45(48(52)53)49(3,4)5)56-47(51)39-37-35-33-31-29-26-19-17-15-13-11-9-7-2/h9,11,15,17,20-21,26,29,44-45H,6-8,10,12-14,16,18-19,22-25,27-28,30-43H2,1-5H3/p+1/b11-9-,17-15-,21-20-,29-26-. The summed E-state index contributed by atoms with van der Waals surface area (Å²) in [5, 5.41) is 9.62. The molecule has 0 aliphatic rings. The van der Waals surface area contributed by atoms with E-state index in [1.165, 1.54) is 89.9 Å². The van der Waals surface area contributed by atoms with Crippen LogP contribution >= 0.6 is 0 Å². The first kappa shape index (κ1) is 53.3. The van der Waals surface area contributed by atoms with Crippen LogP contribution in [-0.4, -0.2) is 80.6 Å². The van der Waals surface area contributed by atoms with Crippen LogP contribution in [0.2, 0.25) is 0 Å². The van der Waals surface area contributed by atoms with Gasteiger partial charge in [0, 0.05) is 19.3 Å². The zero-order valence-corrected chi connectivity index (χ0v) is 36.8. The second kappa shape index (κ2) is 39.1. The van der Waals surface area contributed by atoms with E-state index in [2.05, 4.69) is 62.5 Å². The molecule has 0 heterocycles. The fourth-order valence-corrected chi connectivity index (χ4v) is 6.45. The van der Waals surface area contributed by atoms with Gasteiger partial charge in [0.15, 0.2) is 12.1 Å². The Morgan fingerprint density at radius 3 is 1.52 bits per heavy atom. The van der Waals surface area contributed by atoms with Crippen molar-refractivity contribution in [2.45, 2.75) is 199 Å². The average molecular weight is 789 g/mol. The van der Waals surface area contributed by atoms with Gasteiger partial charge in [0.1, 0.15) is 6.61 Å². The maximum absolute atomic E-state index is 12.7. The molecule has 0 bridgehead atoms. The normalized spacial score (nSPS) is 13.4. The van der Waals surface area contributed by atoms with E-state index in [0.717, 1.165) is 64.2 Å². The Morgan fingerprint density at radius 2 is 1.00 bits per heavy atom. The quantitative estimate of drug-likeness (QED) is 0.0286. The van der Waals surface area contributed by atoms with Crippen LogP contribution in [0.3, 0.4) is 0 Å². The first-order chi connectivity index (χ1) is 27.1. The molecule has 324 valence electrons. The zero-order chi connectivity index (χ0) is 41.4. The Labute approximate surface area is 344 Å². The molecule has 0 aromatic carbocycles. The molecule has 0 radical (unpaired) electrons. The van der Waals surface area contributed by atoms with Gasteiger partial charge in [-0.2, -0.15) is 0 Å². The molecule has 0 aliphatic heterocycles. The third-order valence-corrected chi connectivity index (χ3v) is 9.96. The number of carboxylic acid groups (broad SMARTS) is 1. The summed E-state index contributed by atoms with van der Waals surface area (Å²) in [6, 6.07) is -0.620. The number of unbranched alkanes of at least 4 members (excludes halogenated alkanes) is 18. The topological polar surface area (TPSA) is 99.1 Å². The van der Waals surface area contributed by atoms with Crippen LogP contribution < -0.4 is 0 Å². The smallest absolute Gasteiger partial charge is 0.362 e. The van der Waals surface area contributed by atoms with Crippen molar-refractivity contribution in [2.75, 3.05) is 41.0 Å². The van der Waals surface area contributed by atoms with E-state index in [9.17, 15) is 19.5 Å². The lowest BCUT2D eigenvalue weighted by Crippen LogP contribution is -2.50. The highest BCUT2D eigenvalue weighted by Crippen LogP contribution is 2.14. The number of carbonyl (C=O) groups is 3. The van der Waals surface area contributed by atoms with Gasteiger partial charge in [0.05, 0.1) is 34.4 Å². The van der Waals surface area contributed by atoms with Crippen LogP contribution in [0.5, 0.6) is 0 Å². The van der Waals surface area contributed by atoms with E-state index in [-0.39, 0.29) is 36.2 Å². The summed E-state index contributed by atoms with van der Waals surface area (Å²) >= 11 is 0. The predicted octanol–water partition coefficient (Wildman–Crippen LogP) is 12.4. The van der Waals surface area contributed by atoms with Gasteiger partial charge in [-0.3, -0.25) is 9.59 Å². The average Bonchev–Trinajstić information content (AvgIpc) is 3.15. The fourth-order valence-electron chi connectivity index (χ4n) is 6.45. The number of carbonyl (C=O) groups excluding carboxylic acids is 2. The van der Waals surface area contributed by atoms with Crippen molar-refractivity contribution in [3.63, 3.8) is 0 Å². The molecule has 8 heteroatoms. The summed E-state index contributed by atoms with van der Waals surface area (Å²) in [4.78, 5) is 37.0. The number of ether oxygens (including phenoxy) is 3. The second-order valence-electron chi connectivity index (χ2n) is 16.3. The minimum Gasteiger partial charge on any atom is -0.477 e. The number of hydrogen-bond donors (Lipinski definition) is 1. The lowest BCUT2D eigenvalue weighted by atomic mass is 10.1. The molecule has 0 aromatic rings. The molecule has 0 aromatic heterocycles. The number of quaternary nitrogens is 1. The molecule has 0 rings (SSSR count).